The van der Waals surface area contributed by atoms with Gasteiger partial charge in [-0.2, -0.15) is 0 Å². The second-order valence-corrected chi connectivity index (χ2v) is 3.32. The fourth-order valence-electron chi connectivity index (χ4n) is 0.819. The molecule has 0 unspecified atom stereocenters. The molecule has 4 heteroatoms. The third kappa shape index (κ3) is 2.73. The van der Waals surface area contributed by atoms with E-state index in [4.69, 9.17) is 4.74 Å². The molecule has 13 heavy (non-hydrogen) atoms. The molecule has 0 aliphatic heterocycles. The molecule has 0 heterocycles. The maximum atomic E-state index is 10.7. The molecule has 1 aromatic carbocycles. The van der Waals surface area contributed by atoms with E-state index in [2.05, 4.69) is 20.7 Å². The number of carbonyl (C=O) groups is 1. The van der Waals surface area contributed by atoms with Gasteiger partial charge in [0, 0.05) is 4.47 Å². The van der Waals surface area contributed by atoms with Gasteiger partial charge in [-0.05, 0) is 30.7 Å². The molecule has 1 rings (SSSR count). The van der Waals surface area contributed by atoms with Gasteiger partial charge in [-0.1, -0.05) is 15.9 Å². The molecular weight excluding hydrogens is 236 g/mol. The summed E-state index contributed by atoms with van der Waals surface area (Å²) in [5, 5.41) is 0. The van der Waals surface area contributed by atoms with Crippen LogP contribution in [0, 0.1) is 6.92 Å². The van der Waals surface area contributed by atoms with Gasteiger partial charge in [-0.3, -0.25) is 0 Å². The summed E-state index contributed by atoms with van der Waals surface area (Å²) in [6.07, 6.45) is -0.707. The van der Waals surface area contributed by atoms with Crippen LogP contribution < -0.4 is 4.74 Å². The first-order chi connectivity index (χ1) is 6.13. The first kappa shape index (κ1) is 10.1. The Hall–Kier alpha value is -1.03. The summed E-state index contributed by atoms with van der Waals surface area (Å²) in [6, 6.07) is 5.25. The van der Waals surface area contributed by atoms with Crippen molar-refractivity contribution >= 4 is 22.1 Å². The number of ether oxygens (including phenoxy) is 2. The van der Waals surface area contributed by atoms with Crippen LogP contribution in [0.2, 0.25) is 0 Å². The Morgan fingerprint density at radius 2 is 2.15 bits per heavy atom. The minimum Gasteiger partial charge on any atom is -0.437 e. The lowest BCUT2D eigenvalue weighted by Gasteiger charge is -2.03. The number of hydrogen-bond donors (Lipinski definition) is 0. The van der Waals surface area contributed by atoms with Gasteiger partial charge in [-0.25, -0.2) is 4.79 Å². The highest BCUT2D eigenvalue weighted by Crippen LogP contribution is 2.21. The number of aryl methyl sites for hydroxylation is 1. The van der Waals surface area contributed by atoms with E-state index in [1.807, 2.05) is 13.0 Å². The summed E-state index contributed by atoms with van der Waals surface area (Å²) >= 11 is 3.34. The van der Waals surface area contributed by atoms with Gasteiger partial charge >= 0.3 is 6.16 Å². The third-order valence-electron chi connectivity index (χ3n) is 1.50. The van der Waals surface area contributed by atoms with Gasteiger partial charge < -0.3 is 9.47 Å². The third-order valence-corrected chi connectivity index (χ3v) is 2.39. The summed E-state index contributed by atoms with van der Waals surface area (Å²) in [5.74, 6) is 0.479. The summed E-state index contributed by atoms with van der Waals surface area (Å²) in [4.78, 5) is 10.7. The monoisotopic (exact) mass is 244 g/mol. The molecule has 0 atom stereocenters. The predicted octanol–water partition coefficient (Wildman–Crippen LogP) is 2.90. The fraction of sp³-hybridized carbons (Fsp3) is 0.222. The minimum absolute atomic E-state index is 0.479. The summed E-state index contributed by atoms with van der Waals surface area (Å²) < 4.78 is 10.1. The Bertz CT molecular complexity index is 323. The Morgan fingerprint density at radius 1 is 1.46 bits per heavy atom. The molecule has 0 N–H and O–H groups in total. The zero-order valence-corrected chi connectivity index (χ0v) is 8.92. The first-order valence-corrected chi connectivity index (χ1v) is 4.44. The number of carbonyl (C=O) groups excluding carboxylic acids is 1. The molecule has 0 fully saturated rings. The molecule has 3 nitrogen and oxygen atoms in total. The predicted molar refractivity (Wildman–Crippen MR) is 51.9 cm³/mol. The number of rotatable bonds is 1. The maximum Gasteiger partial charge on any atom is 0.513 e. The Morgan fingerprint density at radius 3 is 2.69 bits per heavy atom. The van der Waals surface area contributed by atoms with E-state index in [-0.39, 0.29) is 0 Å². The molecule has 0 saturated carbocycles. The lowest BCUT2D eigenvalue weighted by atomic mass is 10.2. The first-order valence-electron chi connectivity index (χ1n) is 3.65. The second kappa shape index (κ2) is 4.28. The normalized spacial score (nSPS) is 9.46. The lowest BCUT2D eigenvalue weighted by Crippen LogP contribution is -2.07. The topological polar surface area (TPSA) is 35.5 Å². The highest BCUT2D eigenvalue weighted by Gasteiger charge is 2.04. The molecule has 0 aliphatic carbocycles. The van der Waals surface area contributed by atoms with Gasteiger partial charge in [0.25, 0.3) is 0 Å². The zero-order chi connectivity index (χ0) is 9.84. The summed E-state index contributed by atoms with van der Waals surface area (Å²) in [7, 11) is 1.27. The van der Waals surface area contributed by atoms with E-state index < -0.39 is 6.16 Å². The van der Waals surface area contributed by atoms with Crippen molar-refractivity contribution in [1.82, 2.24) is 0 Å². The highest BCUT2D eigenvalue weighted by molar-refractivity contribution is 9.10. The van der Waals surface area contributed by atoms with Crippen molar-refractivity contribution in [2.45, 2.75) is 6.92 Å². The van der Waals surface area contributed by atoms with Crippen LogP contribution in [-0.2, 0) is 4.74 Å². The largest absolute Gasteiger partial charge is 0.513 e. The van der Waals surface area contributed by atoms with Crippen LogP contribution in [0.1, 0.15) is 5.56 Å². The summed E-state index contributed by atoms with van der Waals surface area (Å²) in [5.41, 5.74) is 1.00. The molecule has 0 spiro atoms. The van der Waals surface area contributed by atoms with Crippen molar-refractivity contribution in [1.29, 1.82) is 0 Å². The van der Waals surface area contributed by atoms with Crippen LogP contribution in [0.15, 0.2) is 22.7 Å². The van der Waals surface area contributed by atoms with E-state index in [0.717, 1.165) is 10.0 Å². The van der Waals surface area contributed by atoms with E-state index in [1.54, 1.807) is 12.1 Å². The molecule has 0 amide bonds. The Labute approximate surface area is 84.8 Å². The van der Waals surface area contributed by atoms with E-state index >= 15 is 0 Å². The van der Waals surface area contributed by atoms with Crippen LogP contribution >= 0.6 is 15.9 Å². The average molecular weight is 245 g/mol. The van der Waals surface area contributed by atoms with Crippen molar-refractivity contribution < 1.29 is 14.3 Å². The van der Waals surface area contributed by atoms with Gasteiger partial charge in [0.05, 0.1) is 7.11 Å². The molecule has 70 valence electrons. The van der Waals surface area contributed by atoms with Gasteiger partial charge in [0.1, 0.15) is 5.75 Å². The molecule has 0 aromatic heterocycles. The Kier molecular flexibility index (Phi) is 3.31. The molecule has 0 bridgehead atoms. The van der Waals surface area contributed by atoms with Crippen molar-refractivity contribution in [2.24, 2.45) is 0 Å². The number of hydrogen-bond acceptors (Lipinski definition) is 3. The van der Waals surface area contributed by atoms with Gasteiger partial charge in [-0.15, -0.1) is 0 Å². The van der Waals surface area contributed by atoms with E-state index in [0.29, 0.717) is 5.75 Å². The number of halogens is 1. The summed E-state index contributed by atoms with van der Waals surface area (Å²) in [6.45, 7) is 1.91. The molecular formula is C9H9BrO3. The quantitative estimate of drug-likeness (QED) is 0.563. The lowest BCUT2D eigenvalue weighted by molar-refractivity contribution is 0.121. The molecule has 0 aliphatic rings. The standard InChI is InChI=1S/C9H9BrO3/c1-6-5-7(3-4-8(6)10)13-9(11)12-2/h3-5H,1-2H3. The smallest absolute Gasteiger partial charge is 0.437 e. The second-order valence-electron chi connectivity index (χ2n) is 2.47. The number of benzene rings is 1. The van der Waals surface area contributed by atoms with Crippen LogP contribution in [0.4, 0.5) is 4.79 Å². The zero-order valence-electron chi connectivity index (χ0n) is 7.33. The molecule has 0 radical (unpaired) electrons. The van der Waals surface area contributed by atoms with Crippen molar-refractivity contribution in [3.8, 4) is 5.75 Å². The van der Waals surface area contributed by atoms with Crippen LogP contribution in [0.3, 0.4) is 0 Å². The molecule has 0 saturated heterocycles. The average Bonchev–Trinajstić information content (AvgIpc) is 2.11. The van der Waals surface area contributed by atoms with Crippen LogP contribution in [0.25, 0.3) is 0 Å². The highest BCUT2D eigenvalue weighted by atomic mass is 79.9. The van der Waals surface area contributed by atoms with E-state index in [9.17, 15) is 4.79 Å². The van der Waals surface area contributed by atoms with Crippen LogP contribution in [-0.4, -0.2) is 13.3 Å². The minimum atomic E-state index is -0.707. The van der Waals surface area contributed by atoms with Crippen molar-refractivity contribution in [3.63, 3.8) is 0 Å². The van der Waals surface area contributed by atoms with Gasteiger partial charge in [0.2, 0.25) is 0 Å². The fourth-order valence-corrected chi connectivity index (χ4v) is 1.07. The molecule has 1 aromatic rings. The number of methoxy groups -OCH3 is 1. The SMILES string of the molecule is COC(=O)Oc1ccc(Br)c(C)c1. The van der Waals surface area contributed by atoms with Crippen molar-refractivity contribution in [3.05, 3.63) is 28.2 Å². The van der Waals surface area contributed by atoms with Gasteiger partial charge in [0.15, 0.2) is 0 Å². The van der Waals surface area contributed by atoms with Crippen molar-refractivity contribution in [2.75, 3.05) is 7.11 Å². The van der Waals surface area contributed by atoms with Crippen LogP contribution in [0.5, 0.6) is 5.75 Å². The Balaban J connectivity index is 2.79. The maximum absolute atomic E-state index is 10.7. The van der Waals surface area contributed by atoms with E-state index in [1.165, 1.54) is 7.11 Å².